The molecule has 7 nitrogen and oxygen atoms in total. The number of aryl methyl sites for hydroxylation is 1. The summed E-state index contributed by atoms with van der Waals surface area (Å²) in [6.07, 6.45) is 1.63. The van der Waals surface area contributed by atoms with E-state index in [0.29, 0.717) is 17.9 Å². The first kappa shape index (κ1) is 20.9. The number of aromatic amines is 1. The Hall–Kier alpha value is -3.40. The largest absolute Gasteiger partial charge is 0.374 e. The Balaban J connectivity index is 1.80. The number of fused-ring (bicyclic) bond motifs is 1. The summed E-state index contributed by atoms with van der Waals surface area (Å²) in [6, 6.07) is 7.48. The lowest BCUT2D eigenvalue weighted by Crippen LogP contribution is -2.21. The first-order valence-electron chi connectivity index (χ1n) is 9.66. The number of H-pyrrole nitrogens is 1. The molecule has 0 fully saturated rings. The average Bonchev–Trinajstić information content (AvgIpc) is 3.32. The van der Waals surface area contributed by atoms with Crippen molar-refractivity contribution >= 4 is 17.2 Å². The molecule has 3 aromatic heterocycles. The zero-order valence-corrected chi connectivity index (χ0v) is 17.2. The van der Waals surface area contributed by atoms with Crippen molar-refractivity contribution in [3.05, 3.63) is 71.1 Å². The van der Waals surface area contributed by atoms with Crippen LogP contribution in [0.5, 0.6) is 0 Å². The van der Waals surface area contributed by atoms with Crippen LogP contribution < -0.4 is 5.32 Å². The van der Waals surface area contributed by atoms with E-state index in [2.05, 4.69) is 25.6 Å². The van der Waals surface area contributed by atoms with E-state index < -0.39 is 23.1 Å². The van der Waals surface area contributed by atoms with E-state index >= 15 is 8.78 Å². The SMILES string of the molecule is Cc1cc(Nc2nc(C(F)(F)c3ccc(F)cc3)nn3cc(COC(C)C)cc23)n[nH]1. The van der Waals surface area contributed by atoms with Crippen LogP contribution in [0, 0.1) is 12.7 Å². The van der Waals surface area contributed by atoms with E-state index in [0.717, 1.165) is 35.5 Å². The van der Waals surface area contributed by atoms with Crippen LogP contribution in [-0.4, -0.2) is 30.9 Å². The van der Waals surface area contributed by atoms with E-state index in [1.807, 2.05) is 20.8 Å². The molecule has 4 aromatic rings. The molecule has 0 unspecified atom stereocenters. The molecule has 0 radical (unpaired) electrons. The fourth-order valence-corrected chi connectivity index (χ4v) is 3.01. The van der Waals surface area contributed by atoms with E-state index in [1.54, 1.807) is 18.3 Å². The summed E-state index contributed by atoms with van der Waals surface area (Å²) in [5, 5.41) is 13.9. The van der Waals surface area contributed by atoms with Gasteiger partial charge in [0.2, 0.25) is 5.82 Å². The number of halogens is 3. The Morgan fingerprint density at radius 3 is 2.58 bits per heavy atom. The summed E-state index contributed by atoms with van der Waals surface area (Å²) >= 11 is 0. The molecule has 31 heavy (non-hydrogen) atoms. The summed E-state index contributed by atoms with van der Waals surface area (Å²) in [7, 11) is 0. The van der Waals surface area contributed by atoms with Crippen LogP contribution in [0.1, 0.15) is 36.5 Å². The minimum absolute atomic E-state index is 0.0112. The van der Waals surface area contributed by atoms with Gasteiger partial charge < -0.3 is 10.1 Å². The van der Waals surface area contributed by atoms with Gasteiger partial charge in [0, 0.05) is 23.5 Å². The quantitative estimate of drug-likeness (QED) is 0.444. The van der Waals surface area contributed by atoms with Gasteiger partial charge in [0.25, 0.3) is 0 Å². The molecule has 10 heteroatoms. The number of alkyl halides is 2. The molecule has 0 saturated carbocycles. The molecule has 3 heterocycles. The van der Waals surface area contributed by atoms with Crippen LogP contribution in [0.2, 0.25) is 0 Å². The van der Waals surface area contributed by atoms with Crippen LogP contribution in [0.4, 0.5) is 24.8 Å². The highest BCUT2D eigenvalue weighted by Crippen LogP contribution is 2.35. The molecule has 0 amide bonds. The highest BCUT2D eigenvalue weighted by atomic mass is 19.3. The van der Waals surface area contributed by atoms with E-state index in [-0.39, 0.29) is 11.9 Å². The van der Waals surface area contributed by atoms with Gasteiger partial charge in [0.1, 0.15) is 11.3 Å². The van der Waals surface area contributed by atoms with Gasteiger partial charge in [0.05, 0.1) is 12.7 Å². The third-order valence-corrected chi connectivity index (χ3v) is 4.54. The molecule has 0 saturated heterocycles. The lowest BCUT2D eigenvalue weighted by Gasteiger charge is -2.16. The number of hydrogen-bond acceptors (Lipinski definition) is 5. The van der Waals surface area contributed by atoms with Crippen LogP contribution in [0.3, 0.4) is 0 Å². The maximum atomic E-state index is 15.2. The minimum atomic E-state index is -3.54. The smallest absolute Gasteiger partial charge is 0.333 e. The molecule has 162 valence electrons. The second kappa shape index (κ2) is 8.03. The van der Waals surface area contributed by atoms with Crippen molar-refractivity contribution in [3.8, 4) is 0 Å². The number of rotatable bonds is 7. The number of nitrogens with one attached hydrogen (secondary N) is 2. The molecule has 4 rings (SSSR count). The van der Waals surface area contributed by atoms with Crippen LogP contribution in [0.25, 0.3) is 5.52 Å². The van der Waals surface area contributed by atoms with Crippen molar-refractivity contribution in [1.82, 2.24) is 24.8 Å². The van der Waals surface area contributed by atoms with Gasteiger partial charge in [-0.1, -0.05) is 0 Å². The lowest BCUT2D eigenvalue weighted by atomic mass is 10.1. The summed E-state index contributed by atoms with van der Waals surface area (Å²) in [5.74, 6) is -4.29. The van der Waals surface area contributed by atoms with Gasteiger partial charge in [-0.2, -0.15) is 13.9 Å². The van der Waals surface area contributed by atoms with E-state index in [1.165, 1.54) is 4.52 Å². The van der Waals surface area contributed by atoms with Gasteiger partial charge in [-0.3, -0.25) is 5.10 Å². The summed E-state index contributed by atoms with van der Waals surface area (Å²) in [5.41, 5.74) is 1.63. The Morgan fingerprint density at radius 1 is 1.19 bits per heavy atom. The number of ether oxygens (including phenoxy) is 1. The fraction of sp³-hybridized carbons (Fsp3) is 0.286. The van der Waals surface area contributed by atoms with E-state index in [4.69, 9.17) is 4.74 Å². The maximum absolute atomic E-state index is 15.2. The van der Waals surface area contributed by atoms with Gasteiger partial charge in [-0.25, -0.2) is 13.9 Å². The highest BCUT2D eigenvalue weighted by molar-refractivity contribution is 5.73. The Labute approximate surface area is 176 Å². The van der Waals surface area contributed by atoms with Crippen LogP contribution >= 0.6 is 0 Å². The van der Waals surface area contributed by atoms with Gasteiger partial charge in [-0.15, -0.1) is 5.10 Å². The number of benzene rings is 1. The number of anilines is 2. The highest BCUT2D eigenvalue weighted by Gasteiger charge is 2.39. The summed E-state index contributed by atoms with van der Waals surface area (Å²) < 4.78 is 50.6. The predicted molar refractivity (Wildman–Crippen MR) is 109 cm³/mol. The molecule has 1 aromatic carbocycles. The molecule has 0 bridgehead atoms. The average molecular weight is 430 g/mol. The maximum Gasteiger partial charge on any atom is 0.333 e. The van der Waals surface area contributed by atoms with Crippen molar-refractivity contribution in [2.24, 2.45) is 0 Å². The van der Waals surface area contributed by atoms with Gasteiger partial charge in [0.15, 0.2) is 11.6 Å². The van der Waals surface area contributed by atoms with Crippen molar-refractivity contribution in [2.75, 3.05) is 5.32 Å². The second-order valence-corrected chi connectivity index (χ2v) is 7.46. The van der Waals surface area contributed by atoms with Gasteiger partial charge >= 0.3 is 5.92 Å². The van der Waals surface area contributed by atoms with E-state index in [9.17, 15) is 4.39 Å². The Kier molecular flexibility index (Phi) is 5.40. The van der Waals surface area contributed by atoms with Gasteiger partial charge in [-0.05, 0) is 56.7 Å². The first-order valence-corrected chi connectivity index (χ1v) is 9.66. The molecule has 0 aliphatic heterocycles. The number of aromatic nitrogens is 5. The standard InChI is InChI=1S/C21H21F3N6O/c1-12(2)31-11-14-9-17-19(25-18-8-13(3)27-28-18)26-20(29-30(17)10-14)21(23,24)15-4-6-16(22)7-5-15/h4-10,12H,11H2,1-3H3,(H2,25,26,27,28,29). The van der Waals surface area contributed by atoms with Crippen molar-refractivity contribution in [2.45, 2.75) is 39.4 Å². The second-order valence-electron chi connectivity index (χ2n) is 7.46. The topological polar surface area (TPSA) is 80.1 Å². The van der Waals surface area contributed by atoms with Crippen LogP contribution in [0.15, 0.2) is 42.6 Å². The molecule has 0 aliphatic rings. The van der Waals surface area contributed by atoms with Crippen LogP contribution in [-0.2, 0) is 17.3 Å². The summed E-state index contributed by atoms with van der Waals surface area (Å²) in [4.78, 5) is 4.10. The van der Waals surface area contributed by atoms with Crippen molar-refractivity contribution in [3.63, 3.8) is 0 Å². The third kappa shape index (κ3) is 4.38. The number of hydrogen-bond donors (Lipinski definition) is 2. The molecular weight excluding hydrogens is 409 g/mol. The Bertz CT molecular complexity index is 1200. The van der Waals surface area contributed by atoms with Crippen molar-refractivity contribution < 1.29 is 17.9 Å². The molecular formula is C21H21F3N6O. The monoisotopic (exact) mass is 430 g/mol. The fourth-order valence-electron chi connectivity index (χ4n) is 3.01. The molecule has 0 aliphatic carbocycles. The lowest BCUT2D eigenvalue weighted by molar-refractivity contribution is 0.0315. The molecule has 0 spiro atoms. The zero-order valence-electron chi connectivity index (χ0n) is 17.2. The first-order chi connectivity index (χ1) is 14.7. The zero-order chi connectivity index (χ0) is 22.2. The normalized spacial score (nSPS) is 12.1. The number of nitrogens with zero attached hydrogens (tertiary/aromatic N) is 4. The predicted octanol–water partition coefficient (Wildman–Crippen LogP) is 4.71. The third-order valence-electron chi connectivity index (χ3n) is 4.54. The summed E-state index contributed by atoms with van der Waals surface area (Å²) in [6.45, 7) is 5.93. The molecule has 2 N–H and O–H groups in total. The minimum Gasteiger partial charge on any atom is -0.374 e. The molecule has 0 atom stereocenters. The van der Waals surface area contributed by atoms with Crippen molar-refractivity contribution in [1.29, 1.82) is 0 Å². The Morgan fingerprint density at radius 2 is 1.94 bits per heavy atom.